The van der Waals surface area contributed by atoms with Crippen LogP contribution in [0.1, 0.15) is 23.3 Å². The van der Waals surface area contributed by atoms with Crippen molar-refractivity contribution in [1.82, 2.24) is 14.7 Å². The third-order valence-corrected chi connectivity index (χ3v) is 4.65. The van der Waals surface area contributed by atoms with Crippen molar-refractivity contribution >= 4 is 47.2 Å². The lowest BCUT2D eigenvalue weighted by molar-refractivity contribution is -0.384. The molecule has 2 heterocycles. The Balaban J connectivity index is 0.00000243. The summed E-state index contributed by atoms with van der Waals surface area (Å²) in [5.74, 6) is -0.195. The topological polar surface area (TPSA) is 107 Å². The SMILES string of the molecule is Cl.NC1CCN(C(=O)c2ccn(-c3c(Cl)cc([N+](=O)[O-])cc3Cl)n2)CC1. The Morgan fingerprint density at radius 1 is 1.27 bits per heavy atom. The third kappa shape index (κ3) is 4.09. The van der Waals surface area contributed by atoms with Gasteiger partial charge in [-0.25, -0.2) is 4.68 Å². The van der Waals surface area contributed by atoms with E-state index in [-0.39, 0.29) is 51.5 Å². The number of benzene rings is 1. The molecule has 1 aliphatic rings. The number of nitrogens with zero attached hydrogens (tertiary/aromatic N) is 4. The van der Waals surface area contributed by atoms with Gasteiger partial charge in [0.25, 0.3) is 11.6 Å². The van der Waals surface area contributed by atoms with Crippen molar-refractivity contribution in [3.63, 3.8) is 0 Å². The largest absolute Gasteiger partial charge is 0.337 e. The molecule has 1 aromatic heterocycles. The number of nitro benzene ring substituents is 1. The van der Waals surface area contributed by atoms with Gasteiger partial charge in [0, 0.05) is 37.5 Å². The normalized spacial score (nSPS) is 14.8. The second-order valence-corrected chi connectivity index (χ2v) is 6.60. The average Bonchev–Trinajstić information content (AvgIpc) is 3.03. The first-order chi connectivity index (χ1) is 11.9. The van der Waals surface area contributed by atoms with Crippen LogP contribution >= 0.6 is 35.6 Å². The Morgan fingerprint density at radius 3 is 2.38 bits per heavy atom. The van der Waals surface area contributed by atoms with Crippen LogP contribution in [0.25, 0.3) is 5.69 Å². The van der Waals surface area contributed by atoms with E-state index in [0.29, 0.717) is 13.1 Å². The first-order valence-corrected chi connectivity index (χ1v) is 8.36. The number of hydrogen-bond acceptors (Lipinski definition) is 5. The number of amides is 1. The summed E-state index contributed by atoms with van der Waals surface area (Å²) in [6.45, 7) is 1.18. The number of carbonyl (C=O) groups excluding carboxylic acids is 1. The molecule has 8 nitrogen and oxygen atoms in total. The first-order valence-electron chi connectivity index (χ1n) is 7.61. The number of non-ortho nitro benzene ring substituents is 1. The van der Waals surface area contributed by atoms with Gasteiger partial charge in [0.05, 0.1) is 15.0 Å². The van der Waals surface area contributed by atoms with Gasteiger partial charge in [-0.3, -0.25) is 14.9 Å². The highest BCUT2D eigenvalue weighted by Gasteiger charge is 2.24. The van der Waals surface area contributed by atoms with Gasteiger partial charge < -0.3 is 10.6 Å². The van der Waals surface area contributed by atoms with Crippen LogP contribution in [0.2, 0.25) is 10.0 Å². The van der Waals surface area contributed by atoms with Gasteiger partial charge in [-0.2, -0.15) is 5.10 Å². The minimum absolute atomic E-state index is 0. The Kier molecular flexibility index (Phi) is 6.46. The number of halogens is 3. The molecule has 0 spiro atoms. The number of likely N-dealkylation sites (tertiary alicyclic amines) is 1. The molecule has 0 unspecified atom stereocenters. The van der Waals surface area contributed by atoms with E-state index in [1.165, 1.54) is 16.8 Å². The Bertz CT molecular complexity index is 811. The van der Waals surface area contributed by atoms with Gasteiger partial charge in [0.2, 0.25) is 0 Å². The fraction of sp³-hybridized carbons (Fsp3) is 0.333. The van der Waals surface area contributed by atoms with Gasteiger partial charge >= 0.3 is 0 Å². The van der Waals surface area contributed by atoms with E-state index in [1.807, 2.05) is 0 Å². The van der Waals surface area contributed by atoms with Crippen molar-refractivity contribution in [1.29, 1.82) is 0 Å². The van der Waals surface area contributed by atoms with Crippen molar-refractivity contribution in [2.45, 2.75) is 18.9 Å². The quantitative estimate of drug-likeness (QED) is 0.606. The lowest BCUT2D eigenvalue weighted by Crippen LogP contribution is -2.43. The van der Waals surface area contributed by atoms with E-state index in [1.54, 1.807) is 17.2 Å². The molecule has 1 amide bonds. The average molecular weight is 421 g/mol. The molecule has 2 N–H and O–H groups in total. The minimum Gasteiger partial charge on any atom is -0.337 e. The van der Waals surface area contributed by atoms with E-state index >= 15 is 0 Å². The minimum atomic E-state index is -0.583. The third-order valence-electron chi connectivity index (χ3n) is 4.08. The van der Waals surface area contributed by atoms with E-state index in [2.05, 4.69) is 5.10 Å². The summed E-state index contributed by atoms with van der Waals surface area (Å²) < 4.78 is 1.34. The summed E-state index contributed by atoms with van der Waals surface area (Å²) in [5.41, 5.74) is 6.17. The van der Waals surface area contributed by atoms with Crippen LogP contribution in [-0.2, 0) is 0 Å². The predicted octanol–water partition coefficient (Wildman–Crippen LogP) is 3.07. The Labute approximate surface area is 165 Å². The van der Waals surface area contributed by atoms with E-state index in [4.69, 9.17) is 28.9 Å². The van der Waals surface area contributed by atoms with Crippen molar-refractivity contribution < 1.29 is 9.72 Å². The highest BCUT2D eigenvalue weighted by Crippen LogP contribution is 2.33. The van der Waals surface area contributed by atoms with E-state index < -0.39 is 4.92 Å². The maximum Gasteiger partial charge on any atom is 0.274 e. The zero-order valence-electron chi connectivity index (χ0n) is 13.5. The lowest BCUT2D eigenvalue weighted by atomic mass is 10.1. The maximum atomic E-state index is 12.5. The summed E-state index contributed by atoms with van der Waals surface area (Å²) >= 11 is 12.2. The molecule has 0 radical (unpaired) electrons. The predicted molar refractivity (Wildman–Crippen MR) is 101 cm³/mol. The second kappa shape index (κ2) is 8.22. The fourth-order valence-electron chi connectivity index (χ4n) is 2.70. The van der Waals surface area contributed by atoms with Crippen LogP contribution in [0.4, 0.5) is 5.69 Å². The van der Waals surface area contributed by atoms with E-state index in [9.17, 15) is 14.9 Å². The highest BCUT2D eigenvalue weighted by atomic mass is 35.5. The van der Waals surface area contributed by atoms with Crippen molar-refractivity contribution in [2.24, 2.45) is 5.73 Å². The Hall–Kier alpha value is -1.87. The highest BCUT2D eigenvalue weighted by molar-refractivity contribution is 6.38. The number of rotatable bonds is 3. The molecule has 2 aromatic rings. The molecule has 0 atom stereocenters. The monoisotopic (exact) mass is 419 g/mol. The molecule has 11 heteroatoms. The molecule has 0 aliphatic carbocycles. The molecule has 3 rings (SSSR count). The first kappa shape index (κ1) is 20.4. The molecule has 1 aromatic carbocycles. The summed E-state index contributed by atoms with van der Waals surface area (Å²) in [6.07, 6.45) is 3.06. The van der Waals surface area contributed by atoms with Gasteiger partial charge in [0.15, 0.2) is 5.69 Å². The van der Waals surface area contributed by atoms with Crippen LogP contribution in [0.3, 0.4) is 0 Å². The van der Waals surface area contributed by atoms with Gasteiger partial charge in [-0.15, -0.1) is 12.4 Å². The number of aromatic nitrogens is 2. The van der Waals surface area contributed by atoms with Crippen LogP contribution in [0, 0.1) is 10.1 Å². The van der Waals surface area contributed by atoms with Crippen LogP contribution in [0.5, 0.6) is 0 Å². The maximum absolute atomic E-state index is 12.5. The smallest absolute Gasteiger partial charge is 0.274 e. The van der Waals surface area contributed by atoms with Gasteiger partial charge in [0.1, 0.15) is 5.69 Å². The molecule has 140 valence electrons. The fourth-order valence-corrected chi connectivity index (χ4v) is 3.35. The summed E-state index contributed by atoms with van der Waals surface area (Å²) in [6, 6.07) is 4.07. The Morgan fingerprint density at radius 2 is 1.85 bits per heavy atom. The number of piperidine rings is 1. The molecule has 1 fully saturated rings. The van der Waals surface area contributed by atoms with Crippen molar-refractivity contribution in [2.75, 3.05) is 13.1 Å². The van der Waals surface area contributed by atoms with Crippen molar-refractivity contribution in [3.8, 4) is 5.69 Å². The van der Waals surface area contributed by atoms with Crippen molar-refractivity contribution in [3.05, 3.63) is 50.2 Å². The lowest BCUT2D eigenvalue weighted by Gasteiger charge is -2.29. The summed E-state index contributed by atoms with van der Waals surface area (Å²) in [4.78, 5) is 24.5. The molecule has 26 heavy (non-hydrogen) atoms. The van der Waals surface area contributed by atoms with Gasteiger partial charge in [-0.1, -0.05) is 23.2 Å². The van der Waals surface area contributed by atoms with Crippen LogP contribution in [0.15, 0.2) is 24.4 Å². The molecular weight excluding hydrogens is 405 g/mol. The summed E-state index contributed by atoms with van der Waals surface area (Å²) in [7, 11) is 0. The summed E-state index contributed by atoms with van der Waals surface area (Å²) in [5, 5.41) is 15.2. The molecule has 1 saturated heterocycles. The number of carbonyl (C=O) groups is 1. The second-order valence-electron chi connectivity index (χ2n) is 5.79. The molecule has 1 aliphatic heterocycles. The molecular formula is C15H16Cl3N5O3. The van der Waals surface area contributed by atoms with Crippen LogP contribution < -0.4 is 5.73 Å². The van der Waals surface area contributed by atoms with Gasteiger partial charge in [-0.05, 0) is 18.9 Å². The zero-order chi connectivity index (χ0) is 18.1. The number of nitrogens with two attached hydrogens (primary N) is 1. The van der Waals surface area contributed by atoms with Crippen LogP contribution in [-0.4, -0.2) is 44.6 Å². The number of hydrogen-bond donors (Lipinski definition) is 1. The number of nitro groups is 1. The van der Waals surface area contributed by atoms with E-state index in [0.717, 1.165) is 12.8 Å². The zero-order valence-corrected chi connectivity index (χ0v) is 15.8. The molecule has 0 saturated carbocycles. The molecule has 0 bridgehead atoms. The standard InChI is InChI=1S/C15H15Cl2N5O3.ClH/c16-11-7-10(22(24)25)8-12(17)14(11)21-6-3-13(19-21)15(23)20-4-1-9(18)2-5-20;/h3,6-9H,1-2,4-5,18H2;1H.